The van der Waals surface area contributed by atoms with Crippen molar-refractivity contribution in [3.8, 4) is 5.75 Å². The first-order valence-corrected chi connectivity index (χ1v) is 9.76. The fourth-order valence-corrected chi connectivity index (χ4v) is 4.28. The molecule has 0 fully saturated rings. The lowest BCUT2D eigenvalue weighted by Gasteiger charge is -2.19. The fourth-order valence-electron chi connectivity index (χ4n) is 2.55. The van der Waals surface area contributed by atoms with Gasteiger partial charge >= 0.3 is 5.97 Å². The van der Waals surface area contributed by atoms with Gasteiger partial charge in [-0.1, -0.05) is 72.8 Å². The molecule has 0 bridgehead atoms. The standard InChI is InChI=1S/C22H21O3P/c1-24-22(23)17-14-18-12-15-19(16-13-18)25-26(20-8-4-2-5-9-20)21-10-6-3-7-11-21/h2-13,15-16H,14,17H2,1H3. The van der Waals surface area contributed by atoms with Gasteiger partial charge in [0.1, 0.15) is 5.75 Å². The van der Waals surface area contributed by atoms with Crippen molar-refractivity contribution in [2.24, 2.45) is 0 Å². The van der Waals surface area contributed by atoms with Crippen molar-refractivity contribution in [3.05, 3.63) is 90.5 Å². The largest absolute Gasteiger partial charge is 0.469 e. The van der Waals surface area contributed by atoms with E-state index in [1.807, 2.05) is 60.7 Å². The molecule has 0 amide bonds. The van der Waals surface area contributed by atoms with Crippen molar-refractivity contribution in [1.29, 1.82) is 0 Å². The highest BCUT2D eigenvalue weighted by molar-refractivity contribution is 7.68. The normalized spacial score (nSPS) is 10.5. The van der Waals surface area contributed by atoms with Gasteiger partial charge in [-0.25, -0.2) is 0 Å². The van der Waals surface area contributed by atoms with Crippen LogP contribution in [0.5, 0.6) is 5.75 Å². The van der Waals surface area contributed by atoms with Crippen LogP contribution in [0.2, 0.25) is 0 Å². The third-order valence-corrected chi connectivity index (χ3v) is 5.87. The summed E-state index contributed by atoms with van der Waals surface area (Å²) in [6.07, 6.45) is 1.05. The lowest BCUT2D eigenvalue weighted by Crippen LogP contribution is -2.15. The van der Waals surface area contributed by atoms with Crippen LogP contribution in [-0.2, 0) is 16.0 Å². The molecule has 26 heavy (non-hydrogen) atoms. The summed E-state index contributed by atoms with van der Waals surface area (Å²) in [5.41, 5.74) is 1.09. The molecule has 0 aliphatic carbocycles. The number of aryl methyl sites for hydroxylation is 1. The van der Waals surface area contributed by atoms with Crippen LogP contribution in [0.15, 0.2) is 84.9 Å². The molecule has 4 heteroatoms. The van der Waals surface area contributed by atoms with Crippen LogP contribution in [0, 0.1) is 0 Å². The summed E-state index contributed by atoms with van der Waals surface area (Å²) in [4.78, 5) is 11.3. The molecule has 0 saturated heterocycles. The average molecular weight is 364 g/mol. The van der Waals surface area contributed by atoms with Crippen LogP contribution < -0.4 is 15.1 Å². The number of rotatable bonds is 7. The van der Waals surface area contributed by atoms with Gasteiger partial charge in [-0.3, -0.25) is 4.79 Å². The van der Waals surface area contributed by atoms with E-state index in [1.165, 1.54) is 17.7 Å². The van der Waals surface area contributed by atoms with Gasteiger partial charge in [0.2, 0.25) is 0 Å². The number of benzene rings is 3. The Bertz CT molecular complexity index is 778. The maximum absolute atomic E-state index is 11.3. The number of carbonyl (C=O) groups excluding carboxylic acids is 1. The Balaban J connectivity index is 1.76. The third kappa shape index (κ3) is 4.93. The molecule has 3 rings (SSSR count). The zero-order valence-electron chi connectivity index (χ0n) is 14.7. The smallest absolute Gasteiger partial charge is 0.305 e. The van der Waals surface area contributed by atoms with Crippen LogP contribution in [0.3, 0.4) is 0 Å². The van der Waals surface area contributed by atoms with Crippen LogP contribution in [0.4, 0.5) is 0 Å². The third-order valence-electron chi connectivity index (χ3n) is 3.95. The summed E-state index contributed by atoms with van der Waals surface area (Å²) in [6.45, 7) is 0. The van der Waals surface area contributed by atoms with Crippen molar-refractivity contribution in [3.63, 3.8) is 0 Å². The molecule has 0 aliphatic rings. The molecule has 0 aromatic heterocycles. The minimum Gasteiger partial charge on any atom is -0.469 e. The van der Waals surface area contributed by atoms with Gasteiger partial charge in [0.05, 0.1) is 7.11 Å². The Labute approximate surface area is 155 Å². The van der Waals surface area contributed by atoms with Crippen molar-refractivity contribution < 1.29 is 14.1 Å². The molecule has 3 nitrogen and oxygen atoms in total. The SMILES string of the molecule is COC(=O)CCc1ccc(OP(c2ccccc2)c2ccccc2)cc1. The first kappa shape index (κ1) is 18.2. The summed E-state index contributed by atoms with van der Waals surface area (Å²) in [5.74, 6) is 0.632. The predicted octanol–water partition coefficient (Wildman–Crippen LogP) is 4.22. The molecule has 0 aliphatic heterocycles. The molecule has 0 saturated carbocycles. The monoisotopic (exact) mass is 364 g/mol. The van der Waals surface area contributed by atoms with Gasteiger partial charge in [-0.15, -0.1) is 0 Å². The highest BCUT2D eigenvalue weighted by atomic mass is 31.1. The van der Waals surface area contributed by atoms with E-state index in [0.717, 1.165) is 11.3 Å². The molecule has 0 N–H and O–H groups in total. The molecule has 3 aromatic rings. The molecule has 0 radical (unpaired) electrons. The fraction of sp³-hybridized carbons (Fsp3) is 0.136. The summed E-state index contributed by atoms with van der Waals surface area (Å²) in [6, 6.07) is 28.5. The number of methoxy groups -OCH3 is 1. The van der Waals surface area contributed by atoms with Crippen LogP contribution in [0.25, 0.3) is 0 Å². The minimum atomic E-state index is -0.932. The molecular weight excluding hydrogens is 343 g/mol. The van der Waals surface area contributed by atoms with Crippen LogP contribution >= 0.6 is 8.15 Å². The van der Waals surface area contributed by atoms with E-state index in [-0.39, 0.29) is 5.97 Å². The first-order valence-electron chi connectivity index (χ1n) is 8.50. The zero-order valence-corrected chi connectivity index (χ0v) is 15.6. The molecule has 3 aromatic carbocycles. The van der Waals surface area contributed by atoms with Crippen molar-refractivity contribution >= 4 is 24.7 Å². The number of esters is 1. The second kappa shape index (κ2) is 9.17. The number of carbonyl (C=O) groups is 1. The predicted molar refractivity (Wildman–Crippen MR) is 106 cm³/mol. The topological polar surface area (TPSA) is 35.5 Å². The van der Waals surface area contributed by atoms with E-state index in [4.69, 9.17) is 4.52 Å². The molecule has 132 valence electrons. The van der Waals surface area contributed by atoms with Gasteiger partial charge < -0.3 is 9.26 Å². The van der Waals surface area contributed by atoms with Gasteiger partial charge in [0.25, 0.3) is 0 Å². The first-order chi connectivity index (χ1) is 12.8. The summed E-state index contributed by atoms with van der Waals surface area (Å²) < 4.78 is 11.0. The zero-order chi connectivity index (χ0) is 18.2. The maximum Gasteiger partial charge on any atom is 0.305 e. The van der Waals surface area contributed by atoms with E-state index in [1.54, 1.807) is 0 Å². The second-order valence-corrected chi connectivity index (χ2v) is 7.58. The van der Waals surface area contributed by atoms with Crippen molar-refractivity contribution in [2.75, 3.05) is 7.11 Å². The van der Waals surface area contributed by atoms with E-state index in [2.05, 4.69) is 29.0 Å². The van der Waals surface area contributed by atoms with Gasteiger partial charge in [-0.2, -0.15) is 0 Å². The van der Waals surface area contributed by atoms with Gasteiger partial charge in [0, 0.05) is 17.0 Å². The van der Waals surface area contributed by atoms with Crippen LogP contribution in [0.1, 0.15) is 12.0 Å². The van der Waals surface area contributed by atoms with Crippen molar-refractivity contribution in [1.82, 2.24) is 0 Å². The lowest BCUT2D eigenvalue weighted by atomic mass is 10.1. The van der Waals surface area contributed by atoms with Crippen molar-refractivity contribution in [2.45, 2.75) is 12.8 Å². The maximum atomic E-state index is 11.3. The van der Waals surface area contributed by atoms with E-state index >= 15 is 0 Å². The number of hydrogen-bond acceptors (Lipinski definition) is 3. The Morgan fingerprint density at radius 3 is 1.85 bits per heavy atom. The molecule has 0 atom stereocenters. The molecule has 0 spiro atoms. The highest BCUT2D eigenvalue weighted by Crippen LogP contribution is 2.36. The molecule has 0 unspecified atom stereocenters. The minimum absolute atomic E-state index is 0.193. The molecular formula is C22H21O3P. The Morgan fingerprint density at radius 1 is 0.808 bits per heavy atom. The average Bonchev–Trinajstić information content (AvgIpc) is 2.72. The van der Waals surface area contributed by atoms with Gasteiger partial charge in [0.15, 0.2) is 8.15 Å². The number of ether oxygens (including phenoxy) is 1. The van der Waals surface area contributed by atoms with E-state index < -0.39 is 8.15 Å². The summed E-state index contributed by atoms with van der Waals surface area (Å²) >= 11 is 0. The lowest BCUT2D eigenvalue weighted by molar-refractivity contribution is -0.140. The molecule has 0 heterocycles. The second-order valence-electron chi connectivity index (χ2n) is 5.78. The summed E-state index contributed by atoms with van der Waals surface area (Å²) in [5, 5.41) is 2.34. The number of hydrogen-bond donors (Lipinski definition) is 0. The van der Waals surface area contributed by atoms with E-state index in [0.29, 0.717) is 12.8 Å². The Morgan fingerprint density at radius 2 is 1.35 bits per heavy atom. The Hall–Kier alpha value is -2.64. The highest BCUT2D eigenvalue weighted by Gasteiger charge is 2.16. The quantitative estimate of drug-likeness (QED) is 0.465. The van der Waals surface area contributed by atoms with E-state index in [9.17, 15) is 4.79 Å². The van der Waals surface area contributed by atoms with Crippen LogP contribution in [-0.4, -0.2) is 13.1 Å². The Kier molecular flexibility index (Phi) is 6.40. The van der Waals surface area contributed by atoms with Gasteiger partial charge in [-0.05, 0) is 24.1 Å². The summed E-state index contributed by atoms with van der Waals surface area (Å²) in [7, 11) is 0.480.